The number of imidazole rings is 1. The predicted octanol–water partition coefficient (Wildman–Crippen LogP) is 4.43. The first-order chi connectivity index (χ1) is 16.6. The van der Waals surface area contributed by atoms with Crippen LogP contribution in [0.3, 0.4) is 0 Å². The van der Waals surface area contributed by atoms with Crippen LogP contribution in [0.4, 0.5) is 8.78 Å². The summed E-state index contributed by atoms with van der Waals surface area (Å²) in [5.41, 5.74) is 6.61. The first-order valence-electron chi connectivity index (χ1n) is 10.3. The molecule has 0 radical (unpaired) electrons. The molecule has 0 aliphatic carbocycles. The quantitative estimate of drug-likeness (QED) is 0.361. The summed E-state index contributed by atoms with van der Waals surface area (Å²) in [5.74, 6) is -2.43. The third-order valence-electron chi connectivity index (χ3n) is 5.24. The minimum Gasteiger partial charge on any atom is -0.368 e. The van der Waals surface area contributed by atoms with Gasteiger partial charge in [0.15, 0.2) is 0 Å². The average molecular weight is 517 g/mol. The van der Waals surface area contributed by atoms with Crippen LogP contribution in [0.5, 0.6) is 0 Å². The zero-order valence-electron chi connectivity index (χ0n) is 18.0. The average Bonchev–Trinajstić information content (AvgIpc) is 3.33. The highest BCUT2D eigenvalue weighted by Crippen LogP contribution is 2.31. The van der Waals surface area contributed by atoms with Gasteiger partial charge in [0.05, 0.1) is 4.90 Å². The van der Waals surface area contributed by atoms with Gasteiger partial charge in [0, 0.05) is 35.6 Å². The van der Waals surface area contributed by atoms with Crippen molar-refractivity contribution in [3.05, 3.63) is 107 Å². The molecule has 1 atom stereocenters. The smallest absolute Gasteiger partial charge is 0.244 e. The van der Waals surface area contributed by atoms with Gasteiger partial charge in [-0.15, -0.1) is 0 Å². The van der Waals surface area contributed by atoms with Crippen LogP contribution >= 0.6 is 11.6 Å². The van der Waals surface area contributed by atoms with Crippen molar-refractivity contribution in [1.29, 1.82) is 0 Å². The van der Waals surface area contributed by atoms with Gasteiger partial charge in [-0.05, 0) is 47.5 Å². The maximum Gasteiger partial charge on any atom is 0.244 e. The van der Waals surface area contributed by atoms with E-state index in [0.29, 0.717) is 22.5 Å². The number of nitrogens with two attached hydrogens (primary N) is 1. The van der Waals surface area contributed by atoms with E-state index in [-0.39, 0.29) is 17.0 Å². The van der Waals surface area contributed by atoms with E-state index in [1.54, 1.807) is 36.7 Å². The van der Waals surface area contributed by atoms with Crippen molar-refractivity contribution in [3.63, 3.8) is 0 Å². The van der Waals surface area contributed by atoms with Crippen molar-refractivity contribution in [2.24, 2.45) is 5.73 Å². The normalized spacial score (nSPS) is 12.6. The lowest BCUT2D eigenvalue weighted by Crippen LogP contribution is -2.41. The second kappa shape index (κ2) is 9.95. The fraction of sp³-hybridized carbons (Fsp3) is 0.0833. The number of sulfonamides is 1. The van der Waals surface area contributed by atoms with Crippen molar-refractivity contribution >= 4 is 27.5 Å². The summed E-state index contributed by atoms with van der Waals surface area (Å²) in [5, 5.41) is 0.308. The summed E-state index contributed by atoms with van der Waals surface area (Å²) >= 11 is 5.90. The largest absolute Gasteiger partial charge is 0.368 e. The molecule has 4 rings (SSSR count). The molecule has 11 heteroatoms. The monoisotopic (exact) mass is 516 g/mol. The molecule has 0 spiro atoms. The van der Waals surface area contributed by atoms with Crippen LogP contribution in [0.1, 0.15) is 17.2 Å². The Morgan fingerprint density at radius 2 is 1.66 bits per heavy atom. The Hall–Kier alpha value is -3.60. The summed E-state index contributed by atoms with van der Waals surface area (Å²) in [6.45, 7) is -0.310. The van der Waals surface area contributed by atoms with E-state index in [0.717, 1.165) is 22.0 Å². The molecule has 1 heterocycles. The minimum absolute atomic E-state index is 0.169. The van der Waals surface area contributed by atoms with E-state index < -0.39 is 33.6 Å². The molecule has 1 unspecified atom stereocenters. The molecule has 3 N–H and O–H groups in total. The van der Waals surface area contributed by atoms with Crippen LogP contribution in [0, 0.1) is 11.6 Å². The van der Waals surface area contributed by atoms with Crippen LogP contribution in [0.2, 0.25) is 5.02 Å². The van der Waals surface area contributed by atoms with Crippen LogP contribution < -0.4 is 5.73 Å². The van der Waals surface area contributed by atoms with Gasteiger partial charge in [-0.25, -0.2) is 22.2 Å². The Labute approximate surface area is 205 Å². The predicted molar refractivity (Wildman–Crippen MR) is 126 cm³/mol. The SMILES string of the molecule is NC(=O)C(c1cc(F)cc(F)c1)N(Cc1ccc(-c2ncc[nH]2)cc1)S(=O)(=O)c1ccc(Cl)cc1. The van der Waals surface area contributed by atoms with Crippen molar-refractivity contribution in [2.75, 3.05) is 0 Å². The lowest BCUT2D eigenvalue weighted by Gasteiger charge is -2.29. The molecule has 1 amide bonds. The lowest BCUT2D eigenvalue weighted by atomic mass is 10.0. The number of carbonyl (C=O) groups excluding carboxylic acids is 1. The number of carbonyl (C=O) groups is 1. The number of aromatic amines is 1. The molecule has 4 aromatic rings. The lowest BCUT2D eigenvalue weighted by molar-refractivity contribution is -0.122. The summed E-state index contributed by atoms with van der Waals surface area (Å²) in [4.78, 5) is 19.5. The standard InChI is InChI=1S/C24H19ClF2N4O3S/c25-18-5-7-21(8-6-18)35(33,34)31(22(23(28)32)17-11-19(26)13-20(27)12-17)14-15-1-3-16(4-2-15)24-29-9-10-30-24/h1-13,22H,14H2,(H2,28,32)(H,29,30). The molecule has 35 heavy (non-hydrogen) atoms. The van der Waals surface area contributed by atoms with Crippen LogP contribution in [-0.2, 0) is 21.4 Å². The molecule has 0 saturated carbocycles. The van der Waals surface area contributed by atoms with Gasteiger partial charge in [0.25, 0.3) is 0 Å². The molecule has 0 fully saturated rings. The van der Waals surface area contributed by atoms with Crippen LogP contribution in [0.15, 0.2) is 84.0 Å². The molecule has 0 bridgehead atoms. The maximum atomic E-state index is 14.0. The number of H-pyrrole nitrogens is 1. The Kier molecular flexibility index (Phi) is 6.97. The number of halogens is 3. The fourth-order valence-electron chi connectivity index (χ4n) is 3.63. The van der Waals surface area contributed by atoms with Gasteiger partial charge in [-0.2, -0.15) is 4.31 Å². The van der Waals surface area contributed by atoms with Crippen molar-refractivity contribution < 1.29 is 22.0 Å². The molecule has 7 nitrogen and oxygen atoms in total. The van der Waals surface area contributed by atoms with Crippen molar-refractivity contribution in [2.45, 2.75) is 17.5 Å². The fourth-order valence-corrected chi connectivity index (χ4v) is 5.33. The second-order valence-electron chi connectivity index (χ2n) is 7.65. The molecule has 0 aliphatic rings. The van der Waals surface area contributed by atoms with Gasteiger partial charge in [0.1, 0.15) is 23.5 Å². The Morgan fingerprint density at radius 1 is 1.03 bits per heavy atom. The number of aromatic nitrogens is 2. The number of rotatable bonds is 8. The van der Waals surface area contributed by atoms with E-state index >= 15 is 0 Å². The molecule has 0 saturated heterocycles. The van der Waals surface area contributed by atoms with Gasteiger partial charge in [-0.3, -0.25) is 4.79 Å². The van der Waals surface area contributed by atoms with E-state index in [1.807, 2.05) is 0 Å². The number of nitrogens with zero attached hydrogens (tertiary/aromatic N) is 2. The van der Waals surface area contributed by atoms with Gasteiger partial charge in [-0.1, -0.05) is 35.9 Å². The highest BCUT2D eigenvalue weighted by atomic mass is 35.5. The zero-order chi connectivity index (χ0) is 25.2. The number of hydrogen-bond acceptors (Lipinski definition) is 4. The third kappa shape index (κ3) is 5.40. The summed E-state index contributed by atoms with van der Waals surface area (Å²) < 4.78 is 56.1. The van der Waals surface area contributed by atoms with E-state index in [4.69, 9.17) is 17.3 Å². The Balaban J connectivity index is 1.80. The number of primary amides is 1. The number of amides is 1. The molecule has 3 aromatic carbocycles. The molecular formula is C24H19ClF2N4O3S. The van der Waals surface area contributed by atoms with E-state index in [2.05, 4.69) is 9.97 Å². The molecule has 0 aliphatic heterocycles. The van der Waals surface area contributed by atoms with Gasteiger partial charge >= 0.3 is 0 Å². The van der Waals surface area contributed by atoms with Crippen molar-refractivity contribution in [1.82, 2.24) is 14.3 Å². The second-order valence-corrected chi connectivity index (χ2v) is 9.97. The summed E-state index contributed by atoms with van der Waals surface area (Å²) in [7, 11) is -4.38. The number of hydrogen-bond donors (Lipinski definition) is 2. The minimum atomic E-state index is -4.38. The van der Waals surface area contributed by atoms with E-state index in [9.17, 15) is 22.0 Å². The van der Waals surface area contributed by atoms with Gasteiger partial charge in [0.2, 0.25) is 15.9 Å². The van der Waals surface area contributed by atoms with Crippen molar-refractivity contribution in [3.8, 4) is 11.4 Å². The number of nitrogens with one attached hydrogen (secondary N) is 1. The Morgan fingerprint density at radius 3 is 2.20 bits per heavy atom. The van der Waals surface area contributed by atoms with E-state index in [1.165, 1.54) is 24.3 Å². The van der Waals surface area contributed by atoms with Crippen LogP contribution in [0.25, 0.3) is 11.4 Å². The molecule has 1 aromatic heterocycles. The first-order valence-corrected chi connectivity index (χ1v) is 12.1. The Bertz CT molecular complexity index is 1430. The summed E-state index contributed by atoms with van der Waals surface area (Å²) in [6, 6.07) is 12.8. The highest BCUT2D eigenvalue weighted by Gasteiger charge is 2.36. The topological polar surface area (TPSA) is 109 Å². The van der Waals surface area contributed by atoms with Gasteiger partial charge < -0.3 is 10.7 Å². The third-order valence-corrected chi connectivity index (χ3v) is 7.32. The highest BCUT2D eigenvalue weighted by molar-refractivity contribution is 7.89. The molecule has 180 valence electrons. The first kappa shape index (κ1) is 24.5. The zero-order valence-corrected chi connectivity index (χ0v) is 19.6. The maximum absolute atomic E-state index is 14.0. The molecular weight excluding hydrogens is 498 g/mol. The number of benzene rings is 3. The summed E-state index contributed by atoms with van der Waals surface area (Å²) in [6.07, 6.45) is 3.26. The van der Waals surface area contributed by atoms with Crippen LogP contribution in [-0.4, -0.2) is 28.6 Å².